The summed E-state index contributed by atoms with van der Waals surface area (Å²) >= 11 is 0. The molecule has 1 fully saturated rings. The summed E-state index contributed by atoms with van der Waals surface area (Å²) in [6.07, 6.45) is -1.18. The fourth-order valence-corrected chi connectivity index (χ4v) is 2.18. The second kappa shape index (κ2) is 6.54. The first kappa shape index (κ1) is 13.8. The highest BCUT2D eigenvalue weighted by atomic mass is 16.5. The van der Waals surface area contributed by atoms with Crippen molar-refractivity contribution in [3.05, 3.63) is 35.9 Å². The fourth-order valence-electron chi connectivity index (χ4n) is 2.18. The number of amides is 1. The zero-order valence-corrected chi connectivity index (χ0v) is 11.0. The van der Waals surface area contributed by atoms with Crippen molar-refractivity contribution in [2.45, 2.75) is 25.7 Å². The lowest BCUT2D eigenvalue weighted by atomic mass is 10.2. The molecule has 1 aromatic rings. The van der Waals surface area contributed by atoms with Crippen LogP contribution >= 0.6 is 0 Å². The van der Waals surface area contributed by atoms with E-state index in [9.17, 15) is 4.79 Å². The molecule has 1 heterocycles. The highest BCUT2D eigenvalue weighted by Crippen LogP contribution is 2.12. The first-order valence-electron chi connectivity index (χ1n) is 6.40. The Morgan fingerprint density at radius 3 is 2.84 bits per heavy atom. The van der Waals surface area contributed by atoms with E-state index in [-0.39, 0.29) is 12.2 Å². The van der Waals surface area contributed by atoms with Crippen LogP contribution in [0.5, 0.6) is 0 Å². The Labute approximate surface area is 112 Å². The molecule has 1 aliphatic heterocycles. The van der Waals surface area contributed by atoms with Gasteiger partial charge in [0.15, 0.2) is 0 Å². The highest BCUT2D eigenvalue weighted by molar-refractivity contribution is 5.65. The lowest BCUT2D eigenvalue weighted by Gasteiger charge is -2.34. The number of morpholine rings is 1. The molecule has 0 aromatic heterocycles. The lowest BCUT2D eigenvalue weighted by molar-refractivity contribution is -0.102. The minimum atomic E-state index is -0.900. The largest absolute Gasteiger partial charge is 0.465 e. The van der Waals surface area contributed by atoms with Gasteiger partial charge in [-0.2, -0.15) is 0 Å². The molecule has 0 aliphatic carbocycles. The Bertz CT molecular complexity index is 409. The van der Waals surface area contributed by atoms with Crippen LogP contribution in [0.15, 0.2) is 30.3 Å². The van der Waals surface area contributed by atoms with Crippen LogP contribution in [-0.4, -0.2) is 48.0 Å². The first-order chi connectivity index (χ1) is 9.15. The second-order valence-electron chi connectivity index (χ2n) is 4.76. The SMILES string of the molecule is C[C@@H]1CN(C(=O)O)C[C@H](COCc2ccccc2)O1. The molecular weight excluding hydrogens is 246 g/mol. The van der Waals surface area contributed by atoms with Crippen molar-refractivity contribution in [1.29, 1.82) is 0 Å². The van der Waals surface area contributed by atoms with Crippen LogP contribution in [0.4, 0.5) is 4.79 Å². The number of hydrogen-bond acceptors (Lipinski definition) is 3. The maximum absolute atomic E-state index is 11.0. The summed E-state index contributed by atoms with van der Waals surface area (Å²) in [7, 11) is 0. The number of hydrogen-bond donors (Lipinski definition) is 1. The molecule has 19 heavy (non-hydrogen) atoms. The molecule has 1 aromatic carbocycles. The van der Waals surface area contributed by atoms with Crippen LogP contribution in [0.1, 0.15) is 12.5 Å². The van der Waals surface area contributed by atoms with Gasteiger partial charge < -0.3 is 19.5 Å². The van der Waals surface area contributed by atoms with Crippen molar-refractivity contribution >= 4 is 6.09 Å². The predicted molar refractivity (Wildman–Crippen MR) is 70.0 cm³/mol. The molecule has 1 aliphatic rings. The Kier molecular flexibility index (Phi) is 4.76. The molecule has 0 saturated carbocycles. The molecule has 1 saturated heterocycles. The maximum Gasteiger partial charge on any atom is 0.407 e. The van der Waals surface area contributed by atoms with Crippen molar-refractivity contribution < 1.29 is 19.4 Å². The molecule has 5 heteroatoms. The van der Waals surface area contributed by atoms with Gasteiger partial charge in [-0.3, -0.25) is 0 Å². The van der Waals surface area contributed by atoms with Crippen LogP contribution in [0, 0.1) is 0 Å². The van der Waals surface area contributed by atoms with E-state index in [1.165, 1.54) is 4.90 Å². The number of ether oxygens (including phenoxy) is 2. The zero-order chi connectivity index (χ0) is 13.7. The van der Waals surface area contributed by atoms with Crippen LogP contribution in [0.3, 0.4) is 0 Å². The molecule has 5 nitrogen and oxygen atoms in total. The monoisotopic (exact) mass is 265 g/mol. The van der Waals surface area contributed by atoms with Gasteiger partial charge in [-0.05, 0) is 12.5 Å². The van der Waals surface area contributed by atoms with E-state index in [4.69, 9.17) is 14.6 Å². The van der Waals surface area contributed by atoms with E-state index in [1.807, 2.05) is 37.3 Å². The Hall–Kier alpha value is -1.59. The third-order valence-electron chi connectivity index (χ3n) is 3.01. The fraction of sp³-hybridized carbons (Fsp3) is 0.500. The minimum Gasteiger partial charge on any atom is -0.465 e. The third-order valence-corrected chi connectivity index (χ3v) is 3.01. The number of nitrogens with zero attached hydrogens (tertiary/aromatic N) is 1. The summed E-state index contributed by atoms with van der Waals surface area (Å²) in [5.74, 6) is 0. The Balaban J connectivity index is 1.77. The Morgan fingerprint density at radius 1 is 1.42 bits per heavy atom. The predicted octanol–water partition coefficient (Wildman–Crippen LogP) is 1.97. The van der Waals surface area contributed by atoms with Gasteiger partial charge in [0.2, 0.25) is 0 Å². The van der Waals surface area contributed by atoms with E-state index in [1.54, 1.807) is 0 Å². The summed E-state index contributed by atoms with van der Waals surface area (Å²) in [5.41, 5.74) is 1.10. The molecular formula is C14H19NO4. The van der Waals surface area contributed by atoms with Gasteiger partial charge in [-0.25, -0.2) is 4.79 Å². The molecule has 0 radical (unpaired) electrons. The van der Waals surface area contributed by atoms with Crippen molar-refractivity contribution in [2.75, 3.05) is 19.7 Å². The van der Waals surface area contributed by atoms with Gasteiger partial charge >= 0.3 is 6.09 Å². The van der Waals surface area contributed by atoms with Gasteiger partial charge in [0.05, 0.1) is 38.5 Å². The number of carboxylic acid groups (broad SMARTS) is 1. The summed E-state index contributed by atoms with van der Waals surface area (Å²) in [6, 6.07) is 9.87. The molecule has 0 unspecified atom stereocenters. The van der Waals surface area contributed by atoms with Crippen LogP contribution in [0.2, 0.25) is 0 Å². The van der Waals surface area contributed by atoms with E-state index in [0.29, 0.717) is 26.3 Å². The number of benzene rings is 1. The summed E-state index contributed by atoms with van der Waals surface area (Å²) in [6.45, 7) is 3.59. The minimum absolute atomic E-state index is 0.0878. The van der Waals surface area contributed by atoms with E-state index in [2.05, 4.69) is 0 Å². The molecule has 2 rings (SSSR count). The Morgan fingerprint density at radius 2 is 2.16 bits per heavy atom. The van der Waals surface area contributed by atoms with Crippen LogP contribution in [0.25, 0.3) is 0 Å². The average molecular weight is 265 g/mol. The topological polar surface area (TPSA) is 59.0 Å². The van der Waals surface area contributed by atoms with Gasteiger partial charge in [0, 0.05) is 0 Å². The van der Waals surface area contributed by atoms with Crippen molar-refractivity contribution in [2.24, 2.45) is 0 Å². The number of carbonyl (C=O) groups is 1. The molecule has 2 atom stereocenters. The van der Waals surface area contributed by atoms with Gasteiger partial charge in [0.25, 0.3) is 0 Å². The van der Waals surface area contributed by atoms with Gasteiger partial charge in [-0.15, -0.1) is 0 Å². The molecule has 0 spiro atoms. The van der Waals surface area contributed by atoms with Crippen molar-refractivity contribution in [1.82, 2.24) is 4.90 Å². The summed E-state index contributed by atoms with van der Waals surface area (Å²) < 4.78 is 11.3. The van der Waals surface area contributed by atoms with Crippen molar-refractivity contribution in [3.63, 3.8) is 0 Å². The smallest absolute Gasteiger partial charge is 0.407 e. The van der Waals surface area contributed by atoms with E-state index < -0.39 is 6.09 Å². The lowest BCUT2D eigenvalue weighted by Crippen LogP contribution is -2.50. The number of rotatable bonds is 4. The molecule has 1 N–H and O–H groups in total. The quantitative estimate of drug-likeness (QED) is 0.904. The third kappa shape index (κ3) is 4.22. The highest BCUT2D eigenvalue weighted by Gasteiger charge is 2.28. The van der Waals surface area contributed by atoms with E-state index in [0.717, 1.165) is 5.56 Å². The first-order valence-corrected chi connectivity index (χ1v) is 6.40. The van der Waals surface area contributed by atoms with Crippen LogP contribution in [-0.2, 0) is 16.1 Å². The van der Waals surface area contributed by atoms with Gasteiger partial charge in [0.1, 0.15) is 0 Å². The second-order valence-corrected chi connectivity index (χ2v) is 4.76. The molecule has 1 amide bonds. The summed E-state index contributed by atoms with van der Waals surface area (Å²) in [4.78, 5) is 12.3. The van der Waals surface area contributed by atoms with Crippen molar-refractivity contribution in [3.8, 4) is 0 Å². The standard InChI is InChI=1S/C14H19NO4/c1-11-7-15(14(16)17)8-13(19-11)10-18-9-12-5-3-2-4-6-12/h2-6,11,13H,7-10H2,1H3,(H,16,17)/t11-,13-/m1/s1. The zero-order valence-electron chi connectivity index (χ0n) is 11.0. The van der Waals surface area contributed by atoms with E-state index >= 15 is 0 Å². The van der Waals surface area contributed by atoms with Crippen LogP contribution < -0.4 is 0 Å². The summed E-state index contributed by atoms with van der Waals surface area (Å²) in [5, 5.41) is 9.01. The molecule has 0 bridgehead atoms. The maximum atomic E-state index is 11.0. The normalized spacial score (nSPS) is 23.3. The average Bonchev–Trinajstić information content (AvgIpc) is 2.39. The molecule has 104 valence electrons. The van der Waals surface area contributed by atoms with Gasteiger partial charge in [-0.1, -0.05) is 30.3 Å².